The molecule has 0 aliphatic carbocycles. The summed E-state index contributed by atoms with van der Waals surface area (Å²) in [5.41, 5.74) is 6.29. The predicted octanol–water partition coefficient (Wildman–Crippen LogP) is 1.88. The summed E-state index contributed by atoms with van der Waals surface area (Å²) in [6, 6.07) is 1.95. The molecule has 0 aromatic carbocycles. The van der Waals surface area contributed by atoms with Crippen molar-refractivity contribution in [3.8, 4) is 0 Å². The van der Waals surface area contributed by atoms with Gasteiger partial charge in [0.25, 0.3) is 5.91 Å². The lowest BCUT2D eigenvalue weighted by Gasteiger charge is -2.36. The molecule has 1 aliphatic heterocycles. The van der Waals surface area contributed by atoms with Gasteiger partial charge in [0, 0.05) is 18.6 Å². The molecule has 4 nitrogen and oxygen atoms in total. The van der Waals surface area contributed by atoms with Gasteiger partial charge in [-0.2, -0.15) is 0 Å². The summed E-state index contributed by atoms with van der Waals surface area (Å²) in [4.78, 5) is 13.9. The maximum atomic E-state index is 12.1. The molecule has 1 amide bonds. The average Bonchev–Trinajstić information content (AvgIpc) is 2.63. The quantitative estimate of drug-likeness (QED) is 0.818. The number of nitrogens with two attached hydrogens (primary N) is 1. The van der Waals surface area contributed by atoms with Crippen molar-refractivity contribution in [2.24, 2.45) is 5.73 Å². The van der Waals surface area contributed by atoms with E-state index < -0.39 is 0 Å². The van der Waals surface area contributed by atoms with Crippen molar-refractivity contribution in [1.82, 2.24) is 4.90 Å². The molecular weight excluding hydrogens is 228 g/mol. The van der Waals surface area contributed by atoms with Crippen LogP contribution in [0.15, 0.2) is 16.7 Å². The van der Waals surface area contributed by atoms with Gasteiger partial charge in [0.2, 0.25) is 5.22 Å². The molecule has 0 bridgehead atoms. The molecule has 0 radical (unpaired) electrons. The van der Waals surface area contributed by atoms with Crippen LogP contribution in [0.5, 0.6) is 0 Å². The second-order valence-corrected chi connectivity index (χ2v) is 4.58. The predicted molar refractivity (Wildman–Crippen MR) is 61.4 cm³/mol. The molecule has 1 aromatic heterocycles. The fourth-order valence-corrected chi connectivity index (χ4v) is 2.31. The summed E-state index contributed by atoms with van der Waals surface area (Å²) < 4.78 is 4.93. The van der Waals surface area contributed by atoms with Crippen molar-refractivity contribution >= 4 is 17.5 Å². The van der Waals surface area contributed by atoms with Crippen molar-refractivity contribution in [2.45, 2.75) is 31.8 Å². The van der Waals surface area contributed by atoms with Crippen LogP contribution in [0.1, 0.15) is 30.1 Å². The molecular formula is C11H15ClN2O2. The molecule has 88 valence electrons. The van der Waals surface area contributed by atoms with Gasteiger partial charge in [-0.05, 0) is 37.4 Å². The summed E-state index contributed by atoms with van der Waals surface area (Å²) in [5.74, 6) is -0.0712. The number of piperidine rings is 1. The molecule has 5 heteroatoms. The first kappa shape index (κ1) is 11.5. The molecule has 2 heterocycles. The third-order valence-electron chi connectivity index (χ3n) is 3.03. The first-order chi connectivity index (χ1) is 7.59. The van der Waals surface area contributed by atoms with Gasteiger partial charge in [-0.1, -0.05) is 0 Å². The van der Waals surface area contributed by atoms with Gasteiger partial charge in [-0.15, -0.1) is 0 Å². The average molecular weight is 243 g/mol. The van der Waals surface area contributed by atoms with Crippen LogP contribution in [0.25, 0.3) is 0 Å². The van der Waals surface area contributed by atoms with Crippen LogP contribution in [-0.2, 0) is 0 Å². The molecule has 0 spiro atoms. The minimum Gasteiger partial charge on any atom is -0.452 e. The lowest BCUT2D eigenvalue weighted by atomic mass is 9.98. The van der Waals surface area contributed by atoms with Crippen LogP contribution in [-0.4, -0.2) is 29.4 Å². The smallest absolute Gasteiger partial charge is 0.258 e. The van der Waals surface area contributed by atoms with E-state index in [4.69, 9.17) is 21.8 Å². The Morgan fingerprint density at radius 2 is 2.44 bits per heavy atom. The van der Waals surface area contributed by atoms with E-state index in [9.17, 15) is 4.79 Å². The Bertz CT molecular complexity index is 391. The third kappa shape index (κ3) is 2.08. The summed E-state index contributed by atoms with van der Waals surface area (Å²) in [5, 5.41) is 0.159. The summed E-state index contributed by atoms with van der Waals surface area (Å²) >= 11 is 5.79. The van der Waals surface area contributed by atoms with Crippen LogP contribution >= 0.6 is 11.6 Å². The number of hydrogen-bond acceptors (Lipinski definition) is 3. The van der Waals surface area contributed by atoms with E-state index >= 15 is 0 Å². The Morgan fingerprint density at radius 3 is 3.00 bits per heavy atom. The zero-order valence-corrected chi connectivity index (χ0v) is 9.91. The Morgan fingerprint density at radius 1 is 1.69 bits per heavy atom. The van der Waals surface area contributed by atoms with Crippen molar-refractivity contribution in [3.05, 3.63) is 23.1 Å². The third-order valence-corrected chi connectivity index (χ3v) is 3.32. The van der Waals surface area contributed by atoms with Crippen LogP contribution < -0.4 is 5.73 Å². The number of halogens is 1. The van der Waals surface area contributed by atoms with Gasteiger partial charge in [0.1, 0.15) is 0 Å². The number of amides is 1. The van der Waals surface area contributed by atoms with Crippen molar-refractivity contribution in [1.29, 1.82) is 0 Å². The molecule has 1 aromatic rings. The Kier molecular flexibility index (Phi) is 3.21. The SMILES string of the molecule is CC1CC(N)CCN1C(=O)c1ccoc1Cl. The van der Waals surface area contributed by atoms with Crippen LogP contribution in [0.2, 0.25) is 5.22 Å². The lowest BCUT2D eigenvalue weighted by molar-refractivity contribution is 0.0618. The number of likely N-dealkylation sites (tertiary alicyclic amines) is 1. The molecule has 16 heavy (non-hydrogen) atoms. The van der Waals surface area contributed by atoms with Crippen molar-refractivity contribution in [3.63, 3.8) is 0 Å². The van der Waals surface area contributed by atoms with Gasteiger partial charge < -0.3 is 15.1 Å². The van der Waals surface area contributed by atoms with E-state index in [-0.39, 0.29) is 23.2 Å². The maximum Gasteiger partial charge on any atom is 0.258 e. The lowest BCUT2D eigenvalue weighted by Crippen LogP contribution is -2.48. The van der Waals surface area contributed by atoms with Gasteiger partial charge >= 0.3 is 0 Å². The van der Waals surface area contributed by atoms with E-state index in [1.165, 1.54) is 6.26 Å². The van der Waals surface area contributed by atoms with Gasteiger partial charge in [0.05, 0.1) is 11.8 Å². The standard InChI is InChI=1S/C11H15ClN2O2/c1-7-6-8(13)2-4-14(7)11(15)9-3-5-16-10(9)12/h3,5,7-8H,2,4,6,13H2,1H3. The highest BCUT2D eigenvalue weighted by molar-refractivity contribution is 6.32. The first-order valence-electron chi connectivity index (χ1n) is 5.39. The number of furan rings is 1. The number of hydrogen-bond donors (Lipinski definition) is 1. The van der Waals surface area contributed by atoms with Gasteiger partial charge in [-0.3, -0.25) is 4.79 Å². The highest BCUT2D eigenvalue weighted by Gasteiger charge is 2.29. The topological polar surface area (TPSA) is 59.5 Å². The van der Waals surface area contributed by atoms with E-state index in [0.29, 0.717) is 12.1 Å². The molecule has 1 fully saturated rings. The Labute approximate surface area is 99.3 Å². The highest BCUT2D eigenvalue weighted by atomic mass is 35.5. The normalized spacial score (nSPS) is 25.8. The number of carbonyl (C=O) groups excluding carboxylic acids is 1. The Balaban J connectivity index is 2.14. The van der Waals surface area contributed by atoms with E-state index in [1.54, 1.807) is 11.0 Å². The van der Waals surface area contributed by atoms with Gasteiger partial charge in [-0.25, -0.2) is 0 Å². The van der Waals surface area contributed by atoms with Crippen LogP contribution in [0.4, 0.5) is 0 Å². The fourth-order valence-electron chi connectivity index (χ4n) is 2.11. The number of rotatable bonds is 1. The van der Waals surface area contributed by atoms with Crippen molar-refractivity contribution in [2.75, 3.05) is 6.54 Å². The minimum atomic E-state index is -0.0712. The highest BCUT2D eigenvalue weighted by Crippen LogP contribution is 2.23. The molecule has 2 atom stereocenters. The zero-order valence-electron chi connectivity index (χ0n) is 9.15. The summed E-state index contributed by atoms with van der Waals surface area (Å²) in [6.45, 7) is 2.69. The van der Waals surface area contributed by atoms with Gasteiger partial charge in [0.15, 0.2) is 0 Å². The largest absolute Gasteiger partial charge is 0.452 e. The summed E-state index contributed by atoms with van der Waals surface area (Å²) in [7, 11) is 0. The second kappa shape index (κ2) is 4.47. The molecule has 2 rings (SSSR count). The van der Waals surface area contributed by atoms with E-state index in [0.717, 1.165) is 12.8 Å². The molecule has 1 saturated heterocycles. The second-order valence-electron chi connectivity index (χ2n) is 4.24. The Hall–Kier alpha value is -1.00. The number of nitrogens with zero attached hydrogens (tertiary/aromatic N) is 1. The van der Waals surface area contributed by atoms with Crippen LogP contribution in [0, 0.1) is 0 Å². The van der Waals surface area contributed by atoms with E-state index in [2.05, 4.69) is 0 Å². The first-order valence-corrected chi connectivity index (χ1v) is 5.77. The maximum absolute atomic E-state index is 12.1. The fraction of sp³-hybridized carbons (Fsp3) is 0.545. The molecule has 2 unspecified atom stereocenters. The number of carbonyl (C=O) groups is 1. The zero-order chi connectivity index (χ0) is 11.7. The molecule has 1 aliphatic rings. The van der Waals surface area contributed by atoms with E-state index in [1.807, 2.05) is 6.92 Å². The summed E-state index contributed by atoms with van der Waals surface area (Å²) in [6.07, 6.45) is 3.10. The van der Waals surface area contributed by atoms with Crippen molar-refractivity contribution < 1.29 is 9.21 Å². The molecule has 0 saturated carbocycles. The van der Waals surface area contributed by atoms with Crippen LogP contribution in [0.3, 0.4) is 0 Å². The minimum absolute atomic E-state index is 0.0712. The monoisotopic (exact) mass is 242 g/mol. The molecule has 2 N–H and O–H groups in total.